The molecule has 0 aliphatic heterocycles. The van der Waals surface area contributed by atoms with Crippen molar-refractivity contribution in [3.63, 3.8) is 0 Å². The van der Waals surface area contributed by atoms with Crippen LogP contribution in [0.3, 0.4) is 0 Å². The third kappa shape index (κ3) is 4.40. The lowest BCUT2D eigenvalue weighted by Gasteiger charge is -2.26. The first-order chi connectivity index (χ1) is 24.4. The Morgan fingerprint density at radius 2 is 1.11 bits per heavy atom. The van der Waals surface area contributed by atoms with E-state index in [-0.39, 0.29) is 29.7 Å². The highest BCUT2D eigenvalue weighted by Gasteiger charge is 2.20. The molecule has 0 amide bonds. The molecule has 2 nitrogen and oxygen atoms in total. The Kier molecular flexibility index (Phi) is 4.94. The summed E-state index contributed by atoms with van der Waals surface area (Å²) in [5.41, 5.74) is 7.43. The van der Waals surface area contributed by atoms with E-state index in [0.717, 1.165) is 50.1 Å². The van der Waals surface area contributed by atoms with Crippen LogP contribution in [0.25, 0.3) is 64.4 Å². The molecule has 0 saturated carbocycles. The minimum atomic E-state index is -0.393. The van der Waals surface area contributed by atoms with Crippen molar-refractivity contribution in [2.75, 3.05) is 4.90 Å². The lowest BCUT2D eigenvalue weighted by Crippen LogP contribution is -2.10. The van der Waals surface area contributed by atoms with Crippen LogP contribution in [0.1, 0.15) is 6.85 Å². The predicted octanol–water partition coefficient (Wildman–Crippen LogP) is 12.8. The minimum absolute atomic E-state index is 0.199. The molecule has 0 N–H and O–H groups in total. The highest BCUT2D eigenvalue weighted by Crippen LogP contribution is 2.45. The second kappa shape index (κ2) is 10.5. The normalized spacial score (nSPS) is 13.1. The van der Waals surface area contributed by atoms with Gasteiger partial charge in [-0.05, 0) is 76.9 Å². The molecule has 0 spiro atoms. The summed E-state index contributed by atoms with van der Waals surface area (Å²) in [5, 5.41) is 4.56. The maximum Gasteiger partial charge on any atom is 0.137 e. The second-order valence-electron chi connectivity index (χ2n) is 11.0. The third-order valence-electron chi connectivity index (χ3n) is 8.37. The monoisotopic (exact) mass is 598 g/mol. The van der Waals surface area contributed by atoms with E-state index in [4.69, 9.17) is 11.3 Å². The molecule has 0 fully saturated rings. The fourth-order valence-corrected chi connectivity index (χ4v) is 7.34. The quantitative estimate of drug-likeness (QED) is 0.196. The van der Waals surface area contributed by atoms with E-state index in [9.17, 15) is 0 Å². The van der Waals surface area contributed by atoms with Crippen LogP contribution >= 0.6 is 11.3 Å². The zero-order chi connectivity index (χ0) is 34.1. The van der Waals surface area contributed by atoms with Gasteiger partial charge in [-0.25, -0.2) is 0 Å². The first-order valence-electron chi connectivity index (χ1n) is 17.3. The van der Waals surface area contributed by atoms with Gasteiger partial charge in [-0.15, -0.1) is 11.3 Å². The number of anilines is 3. The SMILES string of the molecule is [2H]c1c([2H])c([2H])c(-c2ccc(-c3ccc(N(c4ccc5sc6ccccc6c5c4)c4cccc5oc6ccccc6c45)cc3)cc2)c([2H])c1[2H]. The predicted molar refractivity (Wildman–Crippen MR) is 192 cm³/mol. The molecule has 2 heterocycles. The van der Waals surface area contributed by atoms with Crippen molar-refractivity contribution < 1.29 is 11.3 Å². The summed E-state index contributed by atoms with van der Waals surface area (Å²) in [4.78, 5) is 2.29. The van der Waals surface area contributed by atoms with E-state index in [2.05, 4.69) is 83.8 Å². The number of hydrogen-bond donors (Lipinski definition) is 0. The van der Waals surface area contributed by atoms with E-state index < -0.39 is 6.04 Å². The molecule has 9 aromatic rings. The Balaban J connectivity index is 1.16. The lowest BCUT2D eigenvalue weighted by atomic mass is 10.00. The van der Waals surface area contributed by atoms with Gasteiger partial charge >= 0.3 is 0 Å². The molecular formula is C42H27NOS. The molecule has 0 aliphatic carbocycles. The summed E-state index contributed by atoms with van der Waals surface area (Å²) in [6.07, 6.45) is 0. The number of furan rings is 1. The van der Waals surface area contributed by atoms with Crippen LogP contribution in [-0.4, -0.2) is 0 Å². The van der Waals surface area contributed by atoms with Crippen molar-refractivity contribution in [2.24, 2.45) is 0 Å². The van der Waals surface area contributed by atoms with E-state index in [1.54, 1.807) is 11.3 Å². The van der Waals surface area contributed by atoms with Gasteiger partial charge in [-0.3, -0.25) is 0 Å². The zero-order valence-corrected chi connectivity index (χ0v) is 24.8. The summed E-state index contributed by atoms with van der Waals surface area (Å²) in [7, 11) is 0. The highest BCUT2D eigenvalue weighted by atomic mass is 32.1. The Morgan fingerprint density at radius 1 is 0.489 bits per heavy atom. The van der Waals surface area contributed by atoms with Crippen molar-refractivity contribution in [3.05, 3.63) is 164 Å². The largest absolute Gasteiger partial charge is 0.456 e. The maximum atomic E-state index is 8.37. The summed E-state index contributed by atoms with van der Waals surface area (Å²) < 4.78 is 49.6. The molecule has 2 aromatic heterocycles. The molecule has 7 aromatic carbocycles. The van der Waals surface area contributed by atoms with E-state index in [0.29, 0.717) is 5.56 Å². The minimum Gasteiger partial charge on any atom is -0.456 e. The number of thiophene rings is 1. The number of hydrogen-bond acceptors (Lipinski definition) is 3. The van der Waals surface area contributed by atoms with Gasteiger partial charge in [0.05, 0.1) is 17.9 Å². The summed E-state index contributed by atoms with van der Waals surface area (Å²) >= 11 is 1.80. The van der Waals surface area contributed by atoms with Crippen molar-refractivity contribution in [2.45, 2.75) is 0 Å². The van der Waals surface area contributed by atoms with Crippen LogP contribution in [0.2, 0.25) is 0 Å². The second-order valence-corrected chi connectivity index (χ2v) is 12.1. The number of fused-ring (bicyclic) bond motifs is 6. The molecule has 45 heavy (non-hydrogen) atoms. The highest BCUT2D eigenvalue weighted by molar-refractivity contribution is 7.25. The van der Waals surface area contributed by atoms with Crippen LogP contribution in [0.5, 0.6) is 0 Å². The van der Waals surface area contributed by atoms with Gasteiger partial charge in [0.25, 0.3) is 0 Å². The first kappa shape index (κ1) is 21.1. The van der Waals surface area contributed by atoms with E-state index >= 15 is 0 Å². The van der Waals surface area contributed by atoms with Crippen molar-refractivity contribution in [1.82, 2.24) is 0 Å². The van der Waals surface area contributed by atoms with Gasteiger partial charge in [0.15, 0.2) is 0 Å². The summed E-state index contributed by atoms with van der Waals surface area (Å²) in [6.45, 7) is 0. The van der Waals surface area contributed by atoms with Gasteiger partial charge < -0.3 is 9.32 Å². The zero-order valence-electron chi connectivity index (χ0n) is 29.0. The van der Waals surface area contributed by atoms with E-state index in [1.807, 2.05) is 54.6 Å². The van der Waals surface area contributed by atoms with Gasteiger partial charge in [-0.1, -0.05) is 109 Å². The molecule has 3 heteroatoms. The van der Waals surface area contributed by atoms with Gasteiger partial charge in [0.2, 0.25) is 0 Å². The van der Waals surface area contributed by atoms with Crippen LogP contribution in [0.15, 0.2) is 168 Å². The molecule has 0 aliphatic rings. The number of rotatable bonds is 5. The molecule has 0 bridgehead atoms. The Hall–Kier alpha value is -5.64. The average molecular weight is 599 g/mol. The average Bonchev–Trinajstić information content (AvgIpc) is 3.73. The molecular weight excluding hydrogens is 567 g/mol. The van der Waals surface area contributed by atoms with E-state index in [1.165, 1.54) is 20.2 Å². The fourth-order valence-electron chi connectivity index (χ4n) is 6.25. The van der Waals surface area contributed by atoms with Crippen molar-refractivity contribution in [3.8, 4) is 22.3 Å². The molecule has 212 valence electrons. The maximum absolute atomic E-state index is 8.37. The topological polar surface area (TPSA) is 16.4 Å². The Bertz CT molecular complexity index is 2740. The van der Waals surface area contributed by atoms with Crippen molar-refractivity contribution in [1.29, 1.82) is 0 Å². The first-order valence-corrected chi connectivity index (χ1v) is 15.6. The fraction of sp³-hybridized carbons (Fsp3) is 0. The van der Waals surface area contributed by atoms with Crippen LogP contribution in [0.4, 0.5) is 17.1 Å². The third-order valence-corrected chi connectivity index (χ3v) is 9.52. The Morgan fingerprint density at radius 3 is 1.91 bits per heavy atom. The molecule has 0 saturated heterocycles. The molecule has 0 atom stereocenters. The number of para-hydroxylation sites is 1. The molecule has 0 radical (unpaired) electrons. The van der Waals surface area contributed by atoms with Crippen molar-refractivity contribution >= 4 is 70.5 Å². The van der Waals surface area contributed by atoms with Crippen LogP contribution < -0.4 is 4.90 Å². The molecule has 9 rings (SSSR count). The summed E-state index contributed by atoms with van der Waals surface area (Å²) in [5.74, 6) is 0. The Labute approximate surface area is 272 Å². The van der Waals surface area contributed by atoms with Gasteiger partial charge in [0, 0.05) is 36.9 Å². The van der Waals surface area contributed by atoms with Gasteiger partial charge in [-0.2, -0.15) is 0 Å². The number of benzene rings is 7. The van der Waals surface area contributed by atoms with Crippen LogP contribution in [-0.2, 0) is 0 Å². The molecule has 0 unspecified atom stereocenters. The summed E-state index contributed by atoms with van der Waals surface area (Å²) in [6, 6.07) is 44.0. The smallest absolute Gasteiger partial charge is 0.137 e. The van der Waals surface area contributed by atoms with Gasteiger partial charge in [0.1, 0.15) is 11.2 Å². The number of nitrogens with zero attached hydrogens (tertiary/aromatic N) is 1. The van der Waals surface area contributed by atoms with Crippen LogP contribution in [0, 0.1) is 0 Å². The lowest BCUT2D eigenvalue weighted by molar-refractivity contribution is 0.669. The standard InChI is InChI=1S/C42H27NOS/c1-2-9-28(10-3-1)29-17-19-30(20-18-29)31-21-23-32(24-22-31)43(33-25-26-41-36(27-33)34-11-5-7-16-40(34)45-41)37-13-8-15-39-42(37)35-12-4-6-14-38(35)44-39/h1-27H/i1D,2D,3D,9D,10D.